The zero-order chi connectivity index (χ0) is 9.35. The highest BCUT2D eigenvalue weighted by Crippen LogP contribution is 2.02. The van der Waals surface area contributed by atoms with E-state index >= 15 is 0 Å². The van der Waals surface area contributed by atoms with Gasteiger partial charge >= 0.3 is 0 Å². The standard InChI is InChI=1S/C6H8N2O3S/c1-5-3-6(12(2,10)11)7-4-8(5)9/h3-4H,1-2H3. The van der Waals surface area contributed by atoms with E-state index in [0.29, 0.717) is 10.4 Å². The maximum absolute atomic E-state index is 10.9. The summed E-state index contributed by atoms with van der Waals surface area (Å²) in [4.78, 5) is 3.47. The second kappa shape index (κ2) is 2.71. The molecule has 0 N–H and O–H groups in total. The zero-order valence-electron chi connectivity index (χ0n) is 6.68. The van der Waals surface area contributed by atoms with Gasteiger partial charge in [0.1, 0.15) is 5.69 Å². The molecule has 1 heterocycles. The number of hydrogen-bond donors (Lipinski definition) is 0. The van der Waals surface area contributed by atoms with Gasteiger partial charge in [-0.1, -0.05) is 0 Å². The second-order valence-corrected chi connectivity index (χ2v) is 4.43. The van der Waals surface area contributed by atoms with Gasteiger partial charge in [0.05, 0.1) is 0 Å². The Labute approximate surface area is 70.2 Å². The molecule has 0 saturated heterocycles. The Morgan fingerprint density at radius 1 is 1.58 bits per heavy atom. The lowest BCUT2D eigenvalue weighted by Gasteiger charge is -2.02. The molecule has 0 fully saturated rings. The molecule has 0 aliphatic heterocycles. The van der Waals surface area contributed by atoms with Crippen molar-refractivity contribution >= 4 is 9.84 Å². The van der Waals surface area contributed by atoms with Gasteiger partial charge in [0.25, 0.3) is 11.4 Å². The molecule has 12 heavy (non-hydrogen) atoms. The normalized spacial score (nSPS) is 11.5. The molecule has 1 rings (SSSR count). The van der Waals surface area contributed by atoms with Crippen LogP contribution in [0, 0.1) is 12.1 Å². The van der Waals surface area contributed by atoms with Gasteiger partial charge in [-0.05, 0) is 11.9 Å². The highest BCUT2D eigenvalue weighted by molar-refractivity contribution is 7.90. The Hall–Kier alpha value is -1.17. The van der Waals surface area contributed by atoms with Crippen LogP contribution in [0.4, 0.5) is 0 Å². The molecular formula is C6H8N2O3S. The molecule has 66 valence electrons. The van der Waals surface area contributed by atoms with Gasteiger partial charge in [0.15, 0.2) is 0 Å². The van der Waals surface area contributed by atoms with Crippen molar-refractivity contribution in [2.75, 3.05) is 6.26 Å². The number of hydrogen-bond acceptors (Lipinski definition) is 4. The molecule has 6 heteroatoms. The molecule has 0 aliphatic carbocycles. The topological polar surface area (TPSA) is 74.0 Å². The molecule has 0 aromatic carbocycles. The Morgan fingerprint density at radius 3 is 2.58 bits per heavy atom. The largest absolute Gasteiger partial charge is 0.711 e. The Morgan fingerprint density at radius 2 is 2.17 bits per heavy atom. The van der Waals surface area contributed by atoms with Crippen molar-refractivity contribution < 1.29 is 13.1 Å². The molecule has 1 aromatic heterocycles. The van der Waals surface area contributed by atoms with E-state index in [-0.39, 0.29) is 5.03 Å². The average molecular weight is 188 g/mol. The number of aromatic nitrogens is 2. The van der Waals surface area contributed by atoms with Crippen molar-refractivity contribution in [3.05, 3.63) is 23.3 Å². The number of aryl methyl sites for hydroxylation is 1. The van der Waals surface area contributed by atoms with Crippen molar-refractivity contribution in [1.82, 2.24) is 4.98 Å². The van der Waals surface area contributed by atoms with Crippen LogP contribution in [0.5, 0.6) is 0 Å². The molecule has 0 saturated carbocycles. The van der Waals surface area contributed by atoms with Gasteiger partial charge in [-0.3, -0.25) is 0 Å². The molecule has 0 amide bonds. The summed E-state index contributed by atoms with van der Waals surface area (Å²) in [5.41, 5.74) is 0.311. The van der Waals surface area contributed by atoms with Gasteiger partial charge in [-0.15, -0.1) is 0 Å². The van der Waals surface area contributed by atoms with Crippen LogP contribution in [0.2, 0.25) is 0 Å². The molecule has 0 aliphatic rings. The van der Waals surface area contributed by atoms with E-state index < -0.39 is 9.84 Å². The first kappa shape index (κ1) is 8.92. The van der Waals surface area contributed by atoms with Crippen molar-refractivity contribution in [2.45, 2.75) is 11.9 Å². The number of sulfone groups is 1. The van der Waals surface area contributed by atoms with Crippen LogP contribution in [-0.2, 0) is 9.84 Å². The zero-order valence-corrected chi connectivity index (χ0v) is 7.50. The van der Waals surface area contributed by atoms with E-state index in [9.17, 15) is 13.6 Å². The fourth-order valence-corrected chi connectivity index (χ4v) is 1.31. The highest BCUT2D eigenvalue weighted by atomic mass is 32.2. The predicted octanol–water partition coefficient (Wildman–Crippen LogP) is -0.573. The van der Waals surface area contributed by atoms with E-state index in [0.717, 1.165) is 12.6 Å². The van der Waals surface area contributed by atoms with E-state index in [1.54, 1.807) is 0 Å². The first-order chi connectivity index (χ1) is 5.41. The van der Waals surface area contributed by atoms with Crippen molar-refractivity contribution in [3.8, 4) is 0 Å². The number of nitrogens with zero attached hydrogens (tertiary/aromatic N) is 2. The van der Waals surface area contributed by atoms with Gasteiger partial charge in [0.2, 0.25) is 9.84 Å². The lowest BCUT2D eigenvalue weighted by atomic mass is 10.5. The Kier molecular flexibility index (Phi) is 2.01. The van der Waals surface area contributed by atoms with Crippen molar-refractivity contribution in [1.29, 1.82) is 0 Å². The van der Waals surface area contributed by atoms with E-state index in [2.05, 4.69) is 4.98 Å². The van der Waals surface area contributed by atoms with E-state index in [4.69, 9.17) is 0 Å². The maximum Gasteiger partial charge on any atom is 0.290 e. The minimum absolute atomic E-state index is 0.0768. The van der Waals surface area contributed by atoms with E-state index in [1.165, 1.54) is 13.0 Å². The minimum atomic E-state index is -3.31. The molecule has 5 nitrogen and oxygen atoms in total. The monoisotopic (exact) mass is 188 g/mol. The molecular weight excluding hydrogens is 180 g/mol. The van der Waals surface area contributed by atoms with Gasteiger partial charge in [-0.2, -0.15) is 0 Å². The summed E-state index contributed by atoms with van der Waals surface area (Å²) in [5, 5.41) is 10.7. The molecule has 0 bridgehead atoms. The predicted molar refractivity (Wildman–Crippen MR) is 41.0 cm³/mol. The van der Waals surface area contributed by atoms with Crippen molar-refractivity contribution in [2.24, 2.45) is 0 Å². The molecule has 0 atom stereocenters. The fraction of sp³-hybridized carbons (Fsp3) is 0.333. The SMILES string of the molecule is Cc1cc(S(C)(=O)=O)nc[n+]1[O-]. The number of rotatable bonds is 1. The van der Waals surface area contributed by atoms with E-state index in [1.807, 2.05) is 0 Å². The first-order valence-electron chi connectivity index (χ1n) is 3.17. The Bertz CT molecular complexity index is 399. The maximum atomic E-state index is 10.9. The van der Waals surface area contributed by atoms with Crippen LogP contribution in [0.1, 0.15) is 5.69 Å². The molecule has 1 aromatic rings. The first-order valence-corrected chi connectivity index (χ1v) is 5.06. The lowest BCUT2D eigenvalue weighted by Crippen LogP contribution is -2.30. The van der Waals surface area contributed by atoms with Gasteiger partial charge in [-0.25, -0.2) is 13.1 Å². The van der Waals surface area contributed by atoms with Crippen LogP contribution in [-0.4, -0.2) is 19.7 Å². The summed E-state index contributed by atoms with van der Waals surface area (Å²) in [6.45, 7) is 1.52. The van der Waals surface area contributed by atoms with Crippen LogP contribution in [0.15, 0.2) is 17.4 Å². The summed E-state index contributed by atoms with van der Waals surface area (Å²) >= 11 is 0. The van der Waals surface area contributed by atoms with Crippen LogP contribution < -0.4 is 4.73 Å². The fourth-order valence-electron chi connectivity index (χ4n) is 0.683. The summed E-state index contributed by atoms with van der Waals surface area (Å²) < 4.78 is 22.4. The smallest absolute Gasteiger partial charge is 0.290 e. The molecule has 0 spiro atoms. The third-order valence-electron chi connectivity index (χ3n) is 1.35. The van der Waals surface area contributed by atoms with Gasteiger partial charge < -0.3 is 5.21 Å². The lowest BCUT2D eigenvalue weighted by molar-refractivity contribution is -0.616. The summed E-state index contributed by atoms with van der Waals surface area (Å²) in [6.07, 6.45) is 1.98. The summed E-state index contributed by atoms with van der Waals surface area (Å²) in [7, 11) is -3.31. The molecule has 0 radical (unpaired) electrons. The minimum Gasteiger partial charge on any atom is -0.711 e. The third kappa shape index (κ3) is 1.70. The quantitative estimate of drug-likeness (QED) is 0.336. The summed E-state index contributed by atoms with van der Waals surface area (Å²) in [5.74, 6) is 0. The Balaban J connectivity index is 3.33. The second-order valence-electron chi connectivity index (χ2n) is 2.47. The van der Waals surface area contributed by atoms with Crippen LogP contribution >= 0.6 is 0 Å². The van der Waals surface area contributed by atoms with Crippen LogP contribution in [0.3, 0.4) is 0 Å². The van der Waals surface area contributed by atoms with Crippen molar-refractivity contribution in [3.63, 3.8) is 0 Å². The third-order valence-corrected chi connectivity index (χ3v) is 2.33. The average Bonchev–Trinajstić information content (AvgIpc) is 1.92. The van der Waals surface area contributed by atoms with Crippen LogP contribution in [0.25, 0.3) is 0 Å². The van der Waals surface area contributed by atoms with Gasteiger partial charge in [0, 0.05) is 12.3 Å². The summed E-state index contributed by atoms with van der Waals surface area (Å²) in [6, 6.07) is 1.24. The molecule has 0 unspecified atom stereocenters. The highest BCUT2D eigenvalue weighted by Gasteiger charge is 2.15.